The third-order valence-electron chi connectivity index (χ3n) is 2.85. The lowest BCUT2D eigenvalue weighted by molar-refractivity contribution is -0.385. The van der Waals surface area contributed by atoms with Gasteiger partial charge in [0.25, 0.3) is 0 Å². The molecule has 0 bridgehead atoms. The molecule has 0 amide bonds. The summed E-state index contributed by atoms with van der Waals surface area (Å²) in [5.74, 6) is 0. The van der Waals surface area contributed by atoms with Crippen LogP contribution < -0.4 is 0 Å². The van der Waals surface area contributed by atoms with Gasteiger partial charge in [0, 0.05) is 0 Å². The van der Waals surface area contributed by atoms with Crippen LogP contribution >= 0.6 is 0 Å². The van der Waals surface area contributed by atoms with E-state index in [1.807, 2.05) is 13.8 Å². The molecule has 0 spiro atoms. The van der Waals surface area contributed by atoms with E-state index in [4.69, 9.17) is 4.74 Å². The molecule has 88 valence electrons. The lowest BCUT2D eigenvalue weighted by Gasteiger charge is -2.31. The van der Waals surface area contributed by atoms with Crippen molar-refractivity contribution in [1.29, 1.82) is 0 Å². The first-order valence-electron chi connectivity index (χ1n) is 5.40. The van der Waals surface area contributed by atoms with E-state index in [0.29, 0.717) is 0 Å². The third-order valence-corrected chi connectivity index (χ3v) is 2.85. The molecule has 1 aromatic heterocycles. The zero-order valence-corrected chi connectivity index (χ0v) is 9.37. The highest BCUT2D eigenvalue weighted by Gasteiger charge is 2.27. The van der Waals surface area contributed by atoms with E-state index in [2.05, 4.69) is 5.10 Å². The highest BCUT2D eigenvalue weighted by Crippen LogP contribution is 2.29. The quantitative estimate of drug-likeness (QED) is 0.569. The molecule has 2 unspecified atom stereocenters. The average molecular weight is 225 g/mol. The number of hydrogen-bond donors (Lipinski definition) is 0. The van der Waals surface area contributed by atoms with Gasteiger partial charge < -0.3 is 4.74 Å². The summed E-state index contributed by atoms with van der Waals surface area (Å²) in [7, 11) is 0. The van der Waals surface area contributed by atoms with E-state index in [1.54, 1.807) is 4.68 Å². The van der Waals surface area contributed by atoms with Crippen molar-refractivity contribution in [3.63, 3.8) is 0 Å². The van der Waals surface area contributed by atoms with Gasteiger partial charge in [-0.2, -0.15) is 5.10 Å². The number of nitro groups is 1. The van der Waals surface area contributed by atoms with Gasteiger partial charge in [-0.1, -0.05) is 0 Å². The largest absolute Gasteiger partial charge is 0.375 e. The molecule has 0 N–H and O–H groups in total. The van der Waals surface area contributed by atoms with Gasteiger partial charge in [-0.05, 0) is 26.7 Å². The molecule has 1 fully saturated rings. The second-order valence-electron chi connectivity index (χ2n) is 4.32. The summed E-state index contributed by atoms with van der Waals surface area (Å²) in [5.41, 5.74) is 0.0480. The summed E-state index contributed by atoms with van der Waals surface area (Å²) >= 11 is 0. The van der Waals surface area contributed by atoms with E-state index >= 15 is 0 Å². The lowest BCUT2D eigenvalue weighted by Crippen LogP contribution is -2.31. The van der Waals surface area contributed by atoms with Gasteiger partial charge in [0.1, 0.15) is 12.4 Å². The standard InChI is InChI=1S/C10H15N3O3/c1-7-3-9(4-8(2)16-7)12-6-10(5-11-12)13(14)15/h5-9H,3-4H2,1-2H3. The summed E-state index contributed by atoms with van der Waals surface area (Å²) in [5, 5.41) is 14.6. The van der Waals surface area contributed by atoms with Gasteiger partial charge in [0.15, 0.2) is 0 Å². The normalized spacial score (nSPS) is 30.2. The Morgan fingerprint density at radius 3 is 2.62 bits per heavy atom. The van der Waals surface area contributed by atoms with Crippen LogP contribution in [0.15, 0.2) is 12.4 Å². The minimum atomic E-state index is -0.421. The molecule has 6 nitrogen and oxygen atoms in total. The van der Waals surface area contributed by atoms with Crippen molar-refractivity contribution >= 4 is 5.69 Å². The monoisotopic (exact) mass is 225 g/mol. The van der Waals surface area contributed by atoms with Crippen LogP contribution in [-0.2, 0) is 4.74 Å². The molecular weight excluding hydrogens is 210 g/mol. The number of aromatic nitrogens is 2. The van der Waals surface area contributed by atoms with Crippen molar-refractivity contribution in [2.45, 2.75) is 44.9 Å². The number of hydrogen-bond acceptors (Lipinski definition) is 4. The molecule has 2 rings (SSSR count). The van der Waals surface area contributed by atoms with Gasteiger partial charge in [-0.3, -0.25) is 14.8 Å². The van der Waals surface area contributed by atoms with Crippen LogP contribution in [0.4, 0.5) is 5.69 Å². The smallest absolute Gasteiger partial charge is 0.307 e. The molecule has 1 aliphatic heterocycles. The predicted molar refractivity (Wildman–Crippen MR) is 57.2 cm³/mol. The maximum absolute atomic E-state index is 10.6. The van der Waals surface area contributed by atoms with E-state index in [-0.39, 0.29) is 23.9 Å². The maximum Gasteiger partial charge on any atom is 0.307 e. The zero-order valence-electron chi connectivity index (χ0n) is 9.37. The Bertz CT molecular complexity index is 380. The molecule has 0 aliphatic carbocycles. The Balaban J connectivity index is 2.13. The Hall–Kier alpha value is -1.43. The maximum atomic E-state index is 10.6. The van der Waals surface area contributed by atoms with E-state index in [0.717, 1.165) is 12.8 Å². The van der Waals surface area contributed by atoms with Crippen molar-refractivity contribution < 1.29 is 9.66 Å². The molecule has 2 atom stereocenters. The Labute approximate surface area is 93.4 Å². The fourth-order valence-electron chi connectivity index (χ4n) is 2.21. The van der Waals surface area contributed by atoms with Gasteiger partial charge >= 0.3 is 5.69 Å². The van der Waals surface area contributed by atoms with Gasteiger partial charge in [-0.25, -0.2) is 0 Å². The van der Waals surface area contributed by atoms with Crippen molar-refractivity contribution in [1.82, 2.24) is 9.78 Å². The highest BCUT2D eigenvalue weighted by atomic mass is 16.6. The van der Waals surface area contributed by atoms with Crippen LogP contribution in [0.3, 0.4) is 0 Å². The summed E-state index contributed by atoms with van der Waals surface area (Å²) in [6, 6.07) is 0.201. The molecule has 6 heteroatoms. The Morgan fingerprint density at radius 2 is 2.12 bits per heavy atom. The molecular formula is C10H15N3O3. The predicted octanol–water partition coefficient (Wildman–Crippen LogP) is 1.92. The molecule has 0 aromatic carbocycles. The van der Waals surface area contributed by atoms with Crippen molar-refractivity contribution in [3.05, 3.63) is 22.5 Å². The van der Waals surface area contributed by atoms with E-state index in [9.17, 15) is 10.1 Å². The van der Waals surface area contributed by atoms with E-state index < -0.39 is 4.92 Å². The van der Waals surface area contributed by atoms with Crippen LogP contribution in [0.2, 0.25) is 0 Å². The van der Waals surface area contributed by atoms with Crippen LogP contribution in [0.5, 0.6) is 0 Å². The van der Waals surface area contributed by atoms with E-state index in [1.165, 1.54) is 12.4 Å². The molecule has 1 aliphatic rings. The Morgan fingerprint density at radius 1 is 1.50 bits per heavy atom. The molecule has 16 heavy (non-hydrogen) atoms. The minimum Gasteiger partial charge on any atom is -0.375 e. The van der Waals surface area contributed by atoms with Gasteiger partial charge in [0.2, 0.25) is 0 Å². The first-order valence-corrected chi connectivity index (χ1v) is 5.40. The van der Waals surface area contributed by atoms with Crippen LogP contribution in [0, 0.1) is 10.1 Å². The van der Waals surface area contributed by atoms with Crippen molar-refractivity contribution in [2.75, 3.05) is 0 Å². The number of ether oxygens (including phenoxy) is 1. The average Bonchev–Trinajstić information content (AvgIpc) is 2.64. The molecule has 0 radical (unpaired) electrons. The summed E-state index contributed by atoms with van der Waals surface area (Å²) in [4.78, 5) is 10.1. The summed E-state index contributed by atoms with van der Waals surface area (Å²) in [6.45, 7) is 4.03. The summed E-state index contributed by atoms with van der Waals surface area (Å²) < 4.78 is 7.31. The Kier molecular flexibility index (Phi) is 2.91. The summed E-state index contributed by atoms with van der Waals surface area (Å²) in [6.07, 6.45) is 4.85. The molecule has 1 saturated heterocycles. The lowest BCUT2D eigenvalue weighted by atomic mass is 10.0. The minimum absolute atomic E-state index is 0.0480. The molecule has 0 saturated carbocycles. The fourth-order valence-corrected chi connectivity index (χ4v) is 2.21. The molecule has 1 aromatic rings. The van der Waals surface area contributed by atoms with Crippen molar-refractivity contribution in [3.8, 4) is 0 Å². The van der Waals surface area contributed by atoms with Gasteiger partial charge in [0.05, 0.1) is 23.2 Å². The zero-order chi connectivity index (χ0) is 11.7. The first kappa shape index (κ1) is 11.1. The van der Waals surface area contributed by atoms with Crippen LogP contribution in [0.1, 0.15) is 32.7 Å². The number of nitrogens with zero attached hydrogens (tertiary/aromatic N) is 3. The van der Waals surface area contributed by atoms with Crippen molar-refractivity contribution in [2.24, 2.45) is 0 Å². The number of rotatable bonds is 2. The van der Waals surface area contributed by atoms with Crippen LogP contribution in [-0.4, -0.2) is 26.9 Å². The highest BCUT2D eigenvalue weighted by molar-refractivity contribution is 5.21. The van der Waals surface area contributed by atoms with Crippen LogP contribution in [0.25, 0.3) is 0 Å². The fraction of sp³-hybridized carbons (Fsp3) is 0.700. The second kappa shape index (κ2) is 4.21. The second-order valence-corrected chi connectivity index (χ2v) is 4.32. The first-order chi connectivity index (χ1) is 7.56. The van der Waals surface area contributed by atoms with Gasteiger partial charge in [-0.15, -0.1) is 0 Å². The molecule has 2 heterocycles. The SMILES string of the molecule is CC1CC(n2cc([N+](=O)[O-])cn2)CC(C)O1. The third kappa shape index (κ3) is 2.21. The topological polar surface area (TPSA) is 70.2 Å².